The number of likely N-dealkylation sites (tertiary alicyclic amines) is 1. The van der Waals surface area contributed by atoms with Crippen LogP contribution in [0.15, 0.2) is 24.3 Å². The average molecular weight is 317 g/mol. The second-order valence-corrected chi connectivity index (χ2v) is 6.88. The number of nitrogens with two attached hydrogens (primary N) is 1. The highest BCUT2D eigenvalue weighted by molar-refractivity contribution is 5.75. The van der Waals surface area contributed by atoms with Gasteiger partial charge in [-0.2, -0.15) is 0 Å². The Bertz CT molecular complexity index is 501. The lowest BCUT2D eigenvalue weighted by Crippen LogP contribution is -2.37. The first-order valence-electron chi connectivity index (χ1n) is 8.89. The lowest BCUT2D eigenvalue weighted by molar-refractivity contribution is -0.121. The van der Waals surface area contributed by atoms with E-state index >= 15 is 0 Å². The number of carbonyl (C=O) groups is 1. The molecule has 4 nitrogen and oxygen atoms in total. The van der Waals surface area contributed by atoms with Crippen molar-refractivity contribution in [3.63, 3.8) is 0 Å². The number of piperidine rings is 1. The third kappa shape index (κ3) is 5.96. The Morgan fingerprint density at radius 3 is 2.78 bits per heavy atom. The molecule has 1 heterocycles. The SMILES string of the molecule is CC(N)CCC(=O)NCc1ccccc1CN1CCCCC1C. The third-order valence-corrected chi connectivity index (χ3v) is 4.74. The fourth-order valence-corrected chi connectivity index (χ4v) is 3.14. The molecule has 1 fully saturated rings. The molecule has 2 atom stereocenters. The predicted octanol–water partition coefficient (Wildman–Crippen LogP) is 2.80. The monoisotopic (exact) mass is 317 g/mol. The number of benzene rings is 1. The van der Waals surface area contributed by atoms with Crippen LogP contribution in [-0.4, -0.2) is 29.4 Å². The Morgan fingerprint density at radius 1 is 1.35 bits per heavy atom. The van der Waals surface area contributed by atoms with E-state index in [1.807, 2.05) is 13.0 Å². The molecule has 1 saturated heterocycles. The number of rotatable bonds is 7. The summed E-state index contributed by atoms with van der Waals surface area (Å²) in [5, 5.41) is 3.03. The highest BCUT2D eigenvalue weighted by Crippen LogP contribution is 2.20. The maximum absolute atomic E-state index is 11.9. The maximum Gasteiger partial charge on any atom is 0.220 e. The van der Waals surface area contributed by atoms with Crippen molar-refractivity contribution in [2.75, 3.05) is 6.54 Å². The number of carbonyl (C=O) groups excluding carboxylic acids is 1. The molecule has 2 unspecified atom stereocenters. The molecule has 0 aromatic heterocycles. The summed E-state index contributed by atoms with van der Waals surface area (Å²) in [6.45, 7) is 7.01. The van der Waals surface area contributed by atoms with Crippen LogP contribution in [0.4, 0.5) is 0 Å². The second-order valence-electron chi connectivity index (χ2n) is 6.88. The van der Waals surface area contributed by atoms with Gasteiger partial charge in [-0.3, -0.25) is 9.69 Å². The lowest BCUT2D eigenvalue weighted by atomic mass is 10.0. The molecule has 0 spiro atoms. The van der Waals surface area contributed by atoms with Gasteiger partial charge in [-0.05, 0) is 50.8 Å². The van der Waals surface area contributed by atoms with Gasteiger partial charge in [-0.25, -0.2) is 0 Å². The van der Waals surface area contributed by atoms with E-state index in [9.17, 15) is 4.79 Å². The maximum atomic E-state index is 11.9. The summed E-state index contributed by atoms with van der Waals surface area (Å²) in [5.74, 6) is 0.0865. The van der Waals surface area contributed by atoms with Gasteiger partial charge in [0.2, 0.25) is 5.91 Å². The summed E-state index contributed by atoms with van der Waals surface area (Å²) in [7, 11) is 0. The molecule has 2 rings (SSSR count). The highest BCUT2D eigenvalue weighted by atomic mass is 16.1. The summed E-state index contributed by atoms with van der Waals surface area (Å²) in [5.41, 5.74) is 8.25. The van der Waals surface area contributed by atoms with Crippen LogP contribution in [0, 0.1) is 0 Å². The number of nitrogens with one attached hydrogen (secondary N) is 1. The van der Waals surface area contributed by atoms with Gasteiger partial charge in [-0.15, -0.1) is 0 Å². The molecule has 128 valence electrons. The van der Waals surface area contributed by atoms with E-state index in [1.165, 1.54) is 36.9 Å². The summed E-state index contributed by atoms with van der Waals surface area (Å²) in [6.07, 6.45) is 5.16. The first-order valence-corrected chi connectivity index (χ1v) is 8.89. The van der Waals surface area contributed by atoms with Crippen molar-refractivity contribution in [3.8, 4) is 0 Å². The molecule has 1 aliphatic rings. The lowest BCUT2D eigenvalue weighted by Gasteiger charge is -2.33. The van der Waals surface area contributed by atoms with Gasteiger partial charge >= 0.3 is 0 Å². The van der Waals surface area contributed by atoms with Crippen LogP contribution in [0.2, 0.25) is 0 Å². The van der Waals surface area contributed by atoms with Crippen LogP contribution in [0.25, 0.3) is 0 Å². The molecule has 1 aliphatic heterocycles. The normalized spacial score (nSPS) is 20.2. The van der Waals surface area contributed by atoms with E-state index in [1.54, 1.807) is 0 Å². The molecule has 1 amide bonds. The van der Waals surface area contributed by atoms with Crippen LogP contribution in [0.1, 0.15) is 57.1 Å². The van der Waals surface area contributed by atoms with Crippen LogP contribution in [-0.2, 0) is 17.9 Å². The van der Waals surface area contributed by atoms with Crippen molar-refractivity contribution in [1.29, 1.82) is 0 Å². The zero-order chi connectivity index (χ0) is 16.7. The molecule has 1 aromatic carbocycles. The Hall–Kier alpha value is -1.39. The second kappa shape index (κ2) is 9.04. The average Bonchev–Trinajstić information content (AvgIpc) is 2.54. The molecule has 0 radical (unpaired) electrons. The van der Waals surface area contributed by atoms with Crippen molar-refractivity contribution in [1.82, 2.24) is 10.2 Å². The molecule has 3 N–H and O–H groups in total. The summed E-state index contributed by atoms with van der Waals surface area (Å²) < 4.78 is 0. The van der Waals surface area contributed by atoms with Gasteiger partial charge in [0.05, 0.1) is 0 Å². The van der Waals surface area contributed by atoms with Gasteiger partial charge < -0.3 is 11.1 Å². The largest absolute Gasteiger partial charge is 0.352 e. The van der Waals surface area contributed by atoms with Crippen LogP contribution in [0.5, 0.6) is 0 Å². The van der Waals surface area contributed by atoms with Gasteiger partial charge in [0, 0.05) is 31.6 Å². The minimum absolute atomic E-state index is 0.0774. The molecule has 1 aromatic rings. The highest BCUT2D eigenvalue weighted by Gasteiger charge is 2.19. The first kappa shape index (κ1) is 18.0. The van der Waals surface area contributed by atoms with E-state index < -0.39 is 0 Å². The van der Waals surface area contributed by atoms with E-state index in [0.717, 1.165) is 13.0 Å². The first-order chi connectivity index (χ1) is 11.1. The fraction of sp³-hybridized carbons (Fsp3) is 0.632. The topological polar surface area (TPSA) is 58.4 Å². The number of nitrogens with zero attached hydrogens (tertiary/aromatic N) is 1. The minimum atomic E-state index is 0.0774. The molecule has 0 bridgehead atoms. The van der Waals surface area contributed by atoms with Gasteiger partial charge in [0.25, 0.3) is 0 Å². The number of hydrogen-bond donors (Lipinski definition) is 2. The molecule has 4 heteroatoms. The summed E-state index contributed by atoms with van der Waals surface area (Å²) >= 11 is 0. The molecular formula is C19H31N3O. The van der Waals surface area contributed by atoms with E-state index in [4.69, 9.17) is 5.73 Å². The molecular weight excluding hydrogens is 286 g/mol. The fourth-order valence-electron chi connectivity index (χ4n) is 3.14. The zero-order valence-corrected chi connectivity index (χ0v) is 14.6. The van der Waals surface area contributed by atoms with Crippen molar-refractivity contribution in [2.24, 2.45) is 5.73 Å². The Balaban J connectivity index is 1.90. The predicted molar refractivity (Wildman–Crippen MR) is 94.9 cm³/mol. The zero-order valence-electron chi connectivity index (χ0n) is 14.6. The van der Waals surface area contributed by atoms with E-state index in [0.29, 0.717) is 19.0 Å². The van der Waals surface area contributed by atoms with Crippen molar-refractivity contribution < 1.29 is 4.79 Å². The van der Waals surface area contributed by atoms with Crippen LogP contribution in [0.3, 0.4) is 0 Å². The molecule has 23 heavy (non-hydrogen) atoms. The van der Waals surface area contributed by atoms with Gasteiger partial charge in [-0.1, -0.05) is 30.7 Å². The molecule has 0 saturated carbocycles. The van der Waals surface area contributed by atoms with Gasteiger partial charge in [0.1, 0.15) is 0 Å². The van der Waals surface area contributed by atoms with Crippen molar-refractivity contribution in [3.05, 3.63) is 35.4 Å². The number of amides is 1. The van der Waals surface area contributed by atoms with Crippen molar-refractivity contribution in [2.45, 2.75) is 71.1 Å². The standard InChI is InChI=1S/C19H31N3O/c1-15(20)10-11-19(23)21-13-17-8-3-4-9-18(17)14-22-12-6-5-7-16(22)2/h3-4,8-9,15-16H,5-7,10-14,20H2,1-2H3,(H,21,23). The molecule has 0 aliphatic carbocycles. The van der Waals surface area contributed by atoms with E-state index in [2.05, 4.69) is 35.3 Å². The number of hydrogen-bond acceptors (Lipinski definition) is 3. The van der Waals surface area contributed by atoms with E-state index in [-0.39, 0.29) is 11.9 Å². The van der Waals surface area contributed by atoms with Gasteiger partial charge in [0.15, 0.2) is 0 Å². The minimum Gasteiger partial charge on any atom is -0.352 e. The Morgan fingerprint density at radius 2 is 2.09 bits per heavy atom. The third-order valence-electron chi connectivity index (χ3n) is 4.74. The quantitative estimate of drug-likeness (QED) is 0.813. The summed E-state index contributed by atoms with van der Waals surface area (Å²) in [4.78, 5) is 14.5. The van der Waals surface area contributed by atoms with Crippen LogP contribution >= 0.6 is 0 Å². The van der Waals surface area contributed by atoms with Crippen molar-refractivity contribution >= 4 is 5.91 Å². The Kier molecular flexibility index (Phi) is 7.06. The Labute approximate surface area is 140 Å². The summed E-state index contributed by atoms with van der Waals surface area (Å²) in [6, 6.07) is 9.17. The van der Waals surface area contributed by atoms with Crippen LogP contribution < -0.4 is 11.1 Å². The smallest absolute Gasteiger partial charge is 0.220 e.